The van der Waals surface area contributed by atoms with E-state index in [0.29, 0.717) is 5.82 Å². The van der Waals surface area contributed by atoms with Gasteiger partial charge in [0.2, 0.25) is 0 Å². The van der Waals surface area contributed by atoms with Gasteiger partial charge in [-0.25, -0.2) is 19.9 Å². The summed E-state index contributed by atoms with van der Waals surface area (Å²) in [6.07, 6.45) is 0. The van der Waals surface area contributed by atoms with Gasteiger partial charge in [0.15, 0.2) is 5.82 Å². The van der Waals surface area contributed by atoms with E-state index in [9.17, 15) is 0 Å². The SMILES string of the molecule is c1ccc(-c2ccc(-c3cc(-c4ccc(-c5ccccc5)cc4)c4nc(-c5ccc(-n6c(-c7ccccc7)nc(-c7ccccc7)c6-c6ccccc6)cc5)nc(-c5ccc(-n6c(-c7ccccc7)nc(-c7ccccc7)c6-c6ccccc6)cc5)c4c3)cc2)cc1. The second kappa shape index (κ2) is 24.3. The molecule has 13 aromatic carbocycles. The Morgan fingerprint density at radius 2 is 0.489 bits per heavy atom. The number of rotatable bonds is 14. The first-order chi connectivity index (χ1) is 45.6. The minimum atomic E-state index is 0.604. The maximum Gasteiger partial charge on any atom is 0.160 e. The fourth-order valence-electron chi connectivity index (χ4n) is 12.7. The number of hydrogen-bond donors (Lipinski definition) is 0. The molecule has 0 aliphatic rings. The fourth-order valence-corrected chi connectivity index (χ4v) is 12.7. The standard InChI is InChI=1S/C86H58N6/c1-9-25-59(26-10-1)61-41-43-63(44-42-61)73-57-76(64-47-45-62(46-48-64)60-27-11-2-12-28-60)81-77(58-73)78(67-49-53-74(54-50-67)91-82(68-33-17-5-18-34-68)79(65-29-13-3-14-30-65)89-85(91)71-37-21-7-22-38-71)87-84(88-81)70-51-55-75(56-52-70)92-83(69-35-19-6-20-36-69)80(66-31-15-4-16-32-66)90-86(92)72-39-23-8-24-40-72/h1-58H. The molecule has 0 spiro atoms. The third-order valence-electron chi connectivity index (χ3n) is 17.2. The zero-order chi connectivity index (χ0) is 61.2. The molecule has 0 bridgehead atoms. The van der Waals surface area contributed by atoms with E-state index in [1.54, 1.807) is 0 Å². The van der Waals surface area contributed by atoms with Crippen LogP contribution in [0.25, 0.3) is 157 Å². The van der Waals surface area contributed by atoms with Crippen LogP contribution in [0, 0.1) is 0 Å². The van der Waals surface area contributed by atoms with Crippen molar-refractivity contribution in [3.63, 3.8) is 0 Å². The van der Waals surface area contributed by atoms with Crippen molar-refractivity contribution in [2.45, 2.75) is 0 Å². The summed E-state index contributed by atoms with van der Waals surface area (Å²) in [5.74, 6) is 2.29. The zero-order valence-corrected chi connectivity index (χ0v) is 50.2. The molecule has 3 heterocycles. The Kier molecular flexibility index (Phi) is 14.5. The van der Waals surface area contributed by atoms with E-state index >= 15 is 0 Å². The number of imidazole rings is 2. The van der Waals surface area contributed by atoms with E-state index in [1.807, 2.05) is 6.07 Å². The summed E-state index contributed by atoms with van der Waals surface area (Å²) in [4.78, 5) is 22.4. The number of nitrogens with zero attached hydrogens (tertiary/aromatic N) is 6. The second-order valence-corrected chi connectivity index (χ2v) is 22.9. The summed E-state index contributed by atoms with van der Waals surface area (Å²) in [6, 6.07) is 124. The molecular formula is C86H58N6. The van der Waals surface area contributed by atoms with Crippen LogP contribution in [0.1, 0.15) is 0 Å². The molecule has 6 heteroatoms. The fraction of sp³-hybridized carbons (Fsp3) is 0. The predicted molar refractivity (Wildman–Crippen MR) is 379 cm³/mol. The summed E-state index contributed by atoms with van der Waals surface area (Å²) in [5.41, 5.74) is 24.3. The Morgan fingerprint density at radius 1 is 0.196 bits per heavy atom. The molecule has 0 radical (unpaired) electrons. The van der Waals surface area contributed by atoms with Crippen LogP contribution in [0.15, 0.2) is 352 Å². The van der Waals surface area contributed by atoms with Crippen molar-refractivity contribution in [2.24, 2.45) is 0 Å². The molecule has 432 valence electrons. The lowest BCUT2D eigenvalue weighted by molar-refractivity contribution is 1.07. The zero-order valence-electron chi connectivity index (χ0n) is 50.2. The maximum atomic E-state index is 5.72. The number of benzene rings is 13. The van der Waals surface area contributed by atoms with Crippen molar-refractivity contribution in [2.75, 3.05) is 0 Å². The van der Waals surface area contributed by atoms with Gasteiger partial charge >= 0.3 is 0 Å². The molecule has 0 unspecified atom stereocenters. The van der Waals surface area contributed by atoms with Crippen molar-refractivity contribution in [3.8, 4) is 146 Å². The highest BCUT2D eigenvalue weighted by Crippen LogP contribution is 2.44. The average Bonchev–Trinajstić information content (AvgIpc) is 1.39. The Bertz CT molecular complexity index is 5210. The minimum absolute atomic E-state index is 0.604. The van der Waals surface area contributed by atoms with Crippen molar-refractivity contribution in [3.05, 3.63) is 352 Å². The van der Waals surface area contributed by atoms with Crippen LogP contribution in [-0.2, 0) is 0 Å². The Morgan fingerprint density at radius 3 is 0.880 bits per heavy atom. The highest BCUT2D eigenvalue weighted by molar-refractivity contribution is 6.05. The molecule has 16 rings (SSSR count). The van der Waals surface area contributed by atoms with Gasteiger partial charge in [-0.3, -0.25) is 9.13 Å². The van der Waals surface area contributed by atoms with Crippen LogP contribution in [0.2, 0.25) is 0 Å². The molecule has 92 heavy (non-hydrogen) atoms. The van der Waals surface area contributed by atoms with Crippen LogP contribution >= 0.6 is 0 Å². The van der Waals surface area contributed by atoms with Gasteiger partial charge in [0.1, 0.15) is 11.6 Å². The average molecular weight is 1180 g/mol. The Hall–Kier alpha value is -12.4. The van der Waals surface area contributed by atoms with Gasteiger partial charge in [0, 0.05) is 66.8 Å². The van der Waals surface area contributed by atoms with Gasteiger partial charge < -0.3 is 0 Å². The first kappa shape index (κ1) is 55.0. The number of hydrogen-bond acceptors (Lipinski definition) is 4. The molecule has 0 aliphatic heterocycles. The van der Waals surface area contributed by atoms with Crippen molar-refractivity contribution < 1.29 is 0 Å². The number of aromatic nitrogens is 6. The van der Waals surface area contributed by atoms with Crippen LogP contribution in [0.4, 0.5) is 0 Å². The summed E-state index contributed by atoms with van der Waals surface area (Å²) in [7, 11) is 0. The van der Waals surface area contributed by atoms with Crippen molar-refractivity contribution in [1.82, 2.24) is 29.1 Å². The molecule has 3 aromatic heterocycles. The van der Waals surface area contributed by atoms with Gasteiger partial charge in [-0.2, -0.15) is 0 Å². The Labute approximate surface area is 535 Å². The van der Waals surface area contributed by atoms with Gasteiger partial charge in [0.25, 0.3) is 0 Å². The van der Waals surface area contributed by atoms with Gasteiger partial charge in [-0.05, 0) is 87.5 Å². The van der Waals surface area contributed by atoms with E-state index < -0.39 is 0 Å². The van der Waals surface area contributed by atoms with Gasteiger partial charge in [0.05, 0.1) is 34.0 Å². The predicted octanol–water partition coefficient (Wildman–Crippen LogP) is 22.0. The smallest absolute Gasteiger partial charge is 0.160 e. The molecule has 0 saturated carbocycles. The quantitative estimate of drug-likeness (QED) is 0.109. The largest absolute Gasteiger partial charge is 0.292 e. The van der Waals surface area contributed by atoms with E-state index in [-0.39, 0.29) is 0 Å². The van der Waals surface area contributed by atoms with E-state index in [4.69, 9.17) is 19.9 Å². The summed E-state index contributed by atoms with van der Waals surface area (Å²) < 4.78 is 4.61. The molecule has 0 fully saturated rings. The highest BCUT2D eigenvalue weighted by Gasteiger charge is 2.26. The Balaban J connectivity index is 0.911. The molecule has 6 nitrogen and oxygen atoms in total. The number of fused-ring (bicyclic) bond motifs is 1. The summed E-state index contributed by atoms with van der Waals surface area (Å²) in [5, 5.41) is 0.931. The van der Waals surface area contributed by atoms with E-state index in [2.05, 4.69) is 355 Å². The van der Waals surface area contributed by atoms with Crippen molar-refractivity contribution in [1.29, 1.82) is 0 Å². The summed E-state index contributed by atoms with van der Waals surface area (Å²) >= 11 is 0. The summed E-state index contributed by atoms with van der Waals surface area (Å²) in [6.45, 7) is 0. The maximum absolute atomic E-state index is 5.72. The van der Waals surface area contributed by atoms with E-state index in [1.165, 1.54) is 5.56 Å². The first-order valence-electron chi connectivity index (χ1n) is 31.1. The lowest BCUT2D eigenvalue weighted by atomic mass is 9.92. The molecule has 0 N–H and O–H groups in total. The van der Waals surface area contributed by atoms with Gasteiger partial charge in [-0.15, -0.1) is 0 Å². The van der Waals surface area contributed by atoms with Gasteiger partial charge in [-0.1, -0.05) is 303 Å². The lowest BCUT2D eigenvalue weighted by Gasteiger charge is -2.17. The molecule has 0 aliphatic carbocycles. The van der Waals surface area contributed by atoms with Crippen LogP contribution in [-0.4, -0.2) is 29.1 Å². The van der Waals surface area contributed by atoms with Crippen molar-refractivity contribution >= 4 is 10.9 Å². The molecule has 0 atom stereocenters. The normalized spacial score (nSPS) is 11.3. The van der Waals surface area contributed by atoms with E-state index in [0.717, 1.165) is 146 Å². The molecule has 16 aromatic rings. The first-order valence-corrected chi connectivity index (χ1v) is 31.1. The lowest BCUT2D eigenvalue weighted by Crippen LogP contribution is -2.02. The molecule has 0 saturated heterocycles. The topological polar surface area (TPSA) is 61.4 Å². The van der Waals surface area contributed by atoms with Crippen LogP contribution in [0.5, 0.6) is 0 Å². The van der Waals surface area contributed by atoms with Crippen LogP contribution < -0.4 is 0 Å². The third-order valence-corrected chi connectivity index (χ3v) is 17.2. The highest BCUT2D eigenvalue weighted by atomic mass is 15.1. The minimum Gasteiger partial charge on any atom is -0.292 e. The van der Waals surface area contributed by atoms with Crippen LogP contribution in [0.3, 0.4) is 0 Å². The second-order valence-electron chi connectivity index (χ2n) is 22.9. The molecule has 0 amide bonds. The third kappa shape index (κ3) is 10.6. The monoisotopic (exact) mass is 1170 g/mol. The molecular weight excluding hydrogens is 1120 g/mol.